The van der Waals surface area contributed by atoms with Crippen molar-refractivity contribution in [2.45, 2.75) is 45.6 Å². The zero-order valence-electron chi connectivity index (χ0n) is 11.7. The Morgan fingerprint density at radius 3 is 2.68 bits per heavy atom. The summed E-state index contributed by atoms with van der Waals surface area (Å²) in [6, 6.07) is 7.02. The van der Waals surface area contributed by atoms with Crippen LogP contribution in [0.2, 0.25) is 0 Å². The molecule has 0 saturated heterocycles. The van der Waals surface area contributed by atoms with Gasteiger partial charge >= 0.3 is 0 Å². The third kappa shape index (κ3) is 2.76. The van der Waals surface area contributed by atoms with Gasteiger partial charge in [-0.1, -0.05) is 24.1 Å². The van der Waals surface area contributed by atoms with Crippen molar-refractivity contribution in [3.63, 3.8) is 0 Å². The van der Waals surface area contributed by atoms with Gasteiger partial charge in [0.25, 0.3) is 0 Å². The van der Waals surface area contributed by atoms with E-state index < -0.39 is 0 Å². The number of nitrogens with one attached hydrogen (secondary N) is 2. The molecule has 2 aliphatic rings. The first-order chi connectivity index (χ1) is 9.11. The Morgan fingerprint density at radius 2 is 2.05 bits per heavy atom. The van der Waals surface area contributed by atoms with E-state index in [1.165, 1.54) is 36.8 Å². The molecule has 1 aromatic rings. The van der Waals surface area contributed by atoms with Crippen molar-refractivity contribution in [2.24, 2.45) is 11.8 Å². The molecule has 0 aliphatic heterocycles. The van der Waals surface area contributed by atoms with E-state index in [9.17, 15) is 0 Å². The highest BCUT2D eigenvalue weighted by atomic mass is 32.1. The zero-order valence-corrected chi connectivity index (χ0v) is 12.5. The molecule has 102 valence electrons. The molecular formula is C16H22N2S. The van der Waals surface area contributed by atoms with Crippen LogP contribution in [-0.2, 0) is 0 Å². The number of aryl methyl sites for hydroxylation is 2. The van der Waals surface area contributed by atoms with Crippen LogP contribution in [0.3, 0.4) is 0 Å². The summed E-state index contributed by atoms with van der Waals surface area (Å²) in [5.74, 6) is 1.80. The van der Waals surface area contributed by atoms with E-state index in [1.807, 2.05) is 0 Å². The number of fused-ring (bicyclic) bond motifs is 2. The molecule has 0 heterocycles. The topological polar surface area (TPSA) is 24.1 Å². The Balaban J connectivity index is 1.59. The Bertz CT molecular complexity index is 498. The van der Waals surface area contributed by atoms with E-state index in [-0.39, 0.29) is 0 Å². The lowest BCUT2D eigenvalue weighted by molar-refractivity contribution is 0.392. The molecule has 0 amide bonds. The summed E-state index contributed by atoms with van der Waals surface area (Å²) < 4.78 is 0. The van der Waals surface area contributed by atoms with Crippen LogP contribution in [0.25, 0.3) is 0 Å². The Hall–Kier alpha value is -1.09. The summed E-state index contributed by atoms with van der Waals surface area (Å²) in [6.45, 7) is 4.23. The van der Waals surface area contributed by atoms with Gasteiger partial charge in [0.15, 0.2) is 5.11 Å². The van der Waals surface area contributed by atoms with E-state index in [1.54, 1.807) is 0 Å². The van der Waals surface area contributed by atoms with Gasteiger partial charge in [-0.2, -0.15) is 0 Å². The lowest BCUT2D eigenvalue weighted by Gasteiger charge is -2.25. The van der Waals surface area contributed by atoms with Crippen molar-refractivity contribution in [1.29, 1.82) is 0 Å². The molecule has 3 rings (SSSR count). The molecule has 0 spiro atoms. The number of anilines is 1. The van der Waals surface area contributed by atoms with Crippen LogP contribution in [0.5, 0.6) is 0 Å². The first kappa shape index (κ1) is 12.9. The highest BCUT2D eigenvalue weighted by Gasteiger charge is 2.39. The first-order valence-corrected chi connectivity index (χ1v) is 7.67. The second-order valence-corrected chi connectivity index (χ2v) is 6.61. The van der Waals surface area contributed by atoms with Gasteiger partial charge in [0.2, 0.25) is 0 Å². The summed E-state index contributed by atoms with van der Waals surface area (Å²) in [6.07, 6.45) is 5.53. The van der Waals surface area contributed by atoms with Crippen LogP contribution in [0.4, 0.5) is 5.69 Å². The molecule has 2 fully saturated rings. The second-order valence-electron chi connectivity index (χ2n) is 6.20. The standard InChI is InChI=1S/C16H22N2S/c1-10-3-6-14(11(2)7-10)17-16(19)18-15-9-12-4-5-13(15)8-12/h3,6-7,12-13,15H,4-5,8-9H2,1-2H3,(H2,17,18,19)/t12-,13+,15-/m0/s1. The number of hydrogen-bond acceptors (Lipinski definition) is 1. The Labute approximate surface area is 121 Å². The van der Waals surface area contributed by atoms with Crippen LogP contribution in [0, 0.1) is 25.7 Å². The van der Waals surface area contributed by atoms with Crippen molar-refractivity contribution in [2.75, 3.05) is 5.32 Å². The fourth-order valence-corrected chi connectivity index (χ4v) is 3.96. The molecule has 2 N–H and O–H groups in total. The van der Waals surface area contributed by atoms with Gasteiger partial charge in [0, 0.05) is 11.7 Å². The fraction of sp³-hybridized carbons (Fsp3) is 0.562. The van der Waals surface area contributed by atoms with Gasteiger partial charge < -0.3 is 10.6 Å². The summed E-state index contributed by atoms with van der Waals surface area (Å²) in [4.78, 5) is 0. The number of benzene rings is 1. The predicted molar refractivity (Wildman–Crippen MR) is 84.5 cm³/mol. The molecule has 1 aromatic carbocycles. The summed E-state index contributed by atoms with van der Waals surface area (Å²) in [7, 11) is 0. The lowest BCUT2D eigenvalue weighted by Crippen LogP contribution is -2.40. The van der Waals surface area contributed by atoms with Crippen molar-refractivity contribution < 1.29 is 0 Å². The van der Waals surface area contributed by atoms with E-state index in [2.05, 4.69) is 42.7 Å². The maximum Gasteiger partial charge on any atom is 0.171 e. The van der Waals surface area contributed by atoms with Crippen molar-refractivity contribution in [1.82, 2.24) is 5.32 Å². The smallest absolute Gasteiger partial charge is 0.171 e. The highest BCUT2D eigenvalue weighted by Crippen LogP contribution is 2.44. The minimum Gasteiger partial charge on any atom is -0.359 e. The van der Waals surface area contributed by atoms with Crippen LogP contribution in [0.15, 0.2) is 18.2 Å². The minimum absolute atomic E-state index is 0.601. The molecule has 0 radical (unpaired) electrons. The molecule has 3 atom stereocenters. The molecular weight excluding hydrogens is 252 g/mol. The monoisotopic (exact) mass is 274 g/mol. The summed E-state index contributed by atoms with van der Waals surface area (Å²) in [5.41, 5.74) is 3.65. The van der Waals surface area contributed by atoms with Gasteiger partial charge in [-0.05, 0) is 68.8 Å². The first-order valence-electron chi connectivity index (χ1n) is 7.26. The van der Waals surface area contributed by atoms with Crippen molar-refractivity contribution in [3.8, 4) is 0 Å². The van der Waals surface area contributed by atoms with Gasteiger partial charge in [0.05, 0.1) is 0 Å². The van der Waals surface area contributed by atoms with E-state index in [0.29, 0.717) is 6.04 Å². The predicted octanol–water partition coefficient (Wildman–Crippen LogP) is 3.78. The molecule has 2 aliphatic carbocycles. The number of hydrogen-bond donors (Lipinski definition) is 2. The average Bonchev–Trinajstić information content (AvgIpc) is 2.95. The van der Waals surface area contributed by atoms with E-state index >= 15 is 0 Å². The highest BCUT2D eigenvalue weighted by molar-refractivity contribution is 7.80. The van der Waals surface area contributed by atoms with Crippen molar-refractivity contribution in [3.05, 3.63) is 29.3 Å². The fourth-order valence-electron chi connectivity index (χ4n) is 3.70. The van der Waals surface area contributed by atoms with Gasteiger partial charge in [-0.25, -0.2) is 0 Å². The third-order valence-corrected chi connectivity index (χ3v) is 4.90. The van der Waals surface area contributed by atoms with E-state index in [4.69, 9.17) is 12.2 Å². The van der Waals surface area contributed by atoms with Crippen molar-refractivity contribution >= 4 is 23.0 Å². The zero-order chi connectivity index (χ0) is 13.4. The molecule has 19 heavy (non-hydrogen) atoms. The van der Waals surface area contributed by atoms with Gasteiger partial charge in [-0.15, -0.1) is 0 Å². The molecule has 2 bridgehead atoms. The molecule has 0 unspecified atom stereocenters. The summed E-state index contributed by atoms with van der Waals surface area (Å²) in [5, 5.41) is 7.65. The molecule has 3 heteroatoms. The second kappa shape index (κ2) is 5.12. The maximum atomic E-state index is 5.46. The average molecular weight is 274 g/mol. The van der Waals surface area contributed by atoms with Crippen LogP contribution in [-0.4, -0.2) is 11.2 Å². The number of rotatable bonds is 2. The maximum absolute atomic E-state index is 5.46. The number of thiocarbonyl (C=S) groups is 1. The van der Waals surface area contributed by atoms with Crippen LogP contribution in [0.1, 0.15) is 36.8 Å². The van der Waals surface area contributed by atoms with Gasteiger partial charge in [-0.3, -0.25) is 0 Å². The molecule has 0 aromatic heterocycles. The molecule has 2 nitrogen and oxygen atoms in total. The normalized spacial score (nSPS) is 28.4. The Kier molecular flexibility index (Phi) is 3.48. The minimum atomic E-state index is 0.601. The van der Waals surface area contributed by atoms with Crippen LogP contribution >= 0.6 is 12.2 Å². The van der Waals surface area contributed by atoms with Gasteiger partial charge in [0.1, 0.15) is 0 Å². The molecule has 2 saturated carbocycles. The van der Waals surface area contributed by atoms with E-state index in [0.717, 1.165) is 22.6 Å². The summed E-state index contributed by atoms with van der Waals surface area (Å²) >= 11 is 5.46. The lowest BCUT2D eigenvalue weighted by atomic mass is 9.95. The quantitative estimate of drug-likeness (QED) is 0.803. The third-order valence-electron chi connectivity index (χ3n) is 4.68. The SMILES string of the molecule is Cc1ccc(NC(=S)N[C@H]2C[C@H]3CC[C@@H]2C3)c(C)c1. The largest absolute Gasteiger partial charge is 0.359 e. The Morgan fingerprint density at radius 1 is 1.21 bits per heavy atom. The van der Waals surface area contributed by atoms with Crippen LogP contribution < -0.4 is 10.6 Å².